The summed E-state index contributed by atoms with van der Waals surface area (Å²) in [5, 5.41) is 6.06. The molecule has 0 heterocycles. The maximum Gasteiger partial charge on any atom is 0.315 e. The number of amides is 2. The average molecular weight is 344 g/mol. The molecule has 2 N–H and O–H groups in total. The predicted octanol–water partition coefficient (Wildman–Crippen LogP) is 4.63. The zero-order chi connectivity index (χ0) is 18.2. The minimum atomic E-state index is -0.170. The van der Waals surface area contributed by atoms with Crippen LogP contribution in [0.3, 0.4) is 0 Å². The van der Waals surface area contributed by atoms with Crippen molar-refractivity contribution in [1.82, 2.24) is 10.6 Å². The zero-order valence-corrected chi connectivity index (χ0v) is 15.0. The van der Waals surface area contributed by atoms with E-state index in [-0.39, 0.29) is 12.1 Å². The topological polar surface area (TPSA) is 41.1 Å². The van der Waals surface area contributed by atoms with E-state index in [0.29, 0.717) is 6.54 Å². The Bertz CT molecular complexity index is 774. The Morgan fingerprint density at radius 3 is 1.88 bits per heavy atom. The summed E-state index contributed by atoms with van der Waals surface area (Å²) in [5.41, 5.74) is 4.59. The third-order valence-corrected chi connectivity index (χ3v) is 4.36. The highest BCUT2D eigenvalue weighted by Crippen LogP contribution is 2.21. The molecule has 26 heavy (non-hydrogen) atoms. The number of carbonyl (C=O) groups excluding carboxylic acids is 1. The fourth-order valence-electron chi connectivity index (χ4n) is 2.91. The summed E-state index contributed by atoms with van der Waals surface area (Å²) in [6, 6.07) is 28.1. The van der Waals surface area contributed by atoms with E-state index in [9.17, 15) is 4.79 Å². The van der Waals surface area contributed by atoms with E-state index in [4.69, 9.17) is 0 Å². The standard InChI is InChI=1S/C23H24N2O/c1-18-12-14-19(15-13-18)16-17-24-23(26)25-22(20-8-4-2-5-9-20)21-10-6-3-7-11-21/h2-15,22H,16-17H2,1H3,(H2,24,25,26). The molecule has 0 fully saturated rings. The third-order valence-electron chi connectivity index (χ3n) is 4.36. The first kappa shape index (κ1) is 17.7. The second kappa shape index (κ2) is 8.86. The molecule has 0 aliphatic rings. The van der Waals surface area contributed by atoms with Crippen LogP contribution >= 0.6 is 0 Å². The first-order valence-electron chi connectivity index (χ1n) is 8.92. The molecule has 3 aromatic rings. The second-order valence-electron chi connectivity index (χ2n) is 6.39. The molecule has 3 heteroatoms. The van der Waals surface area contributed by atoms with Crippen LogP contribution in [-0.4, -0.2) is 12.6 Å². The predicted molar refractivity (Wildman–Crippen MR) is 106 cm³/mol. The minimum absolute atomic E-state index is 0.158. The van der Waals surface area contributed by atoms with Gasteiger partial charge >= 0.3 is 6.03 Å². The van der Waals surface area contributed by atoms with Crippen LogP contribution in [0.4, 0.5) is 4.79 Å². The lowest BCUT2D eigenvalue weighted by Gasteiger charge is -2.20. The molecule has 0 saturated heterocycles. The maximum absolute atomic E-state index is 12.4. The highest BCUT2D eigenvalue weighted by Gasteiger charge is 2.16. The van der Waals surface area contributed by atoms with Crippen LogP contribution in [0.2, 0.25) is 0 Å². The van der Waals surface area contributed by atoms with Crippen LogP contribution in [0.1, 0.15) is 28.3 Å². The molecule has 0 unspecified atom stereocenters. The highest BCUT2D eigenvalue weighted by molar-refractivity contribution is 5.75. The lowest BCUT2D eigenvalue weighted by Crippen LogP contribution is -2.39. The summed E-state index contributed by atoms with van der Waals surface area (Å²) >= 11 is 0. The summed E-state index contributed by atoms with van der Waals surface area (Å²) in [6.07, 6.45) is 0.815. The van der Waals surface area contributed by atoms with E-state index in [0.717, 1.165) is 17.5 Å². The van der Waals surface area contributed by atoms with Gasteiger partial charge < -0.3 is 10.6 Å². The highest BCUT2D eigenvalue weighted by atomic mass is 16.2. The summed E-state index contributed by atoms with van der Waals surface area (Å²) < 4.78 is 0. The molecule has 0 aliphatic heterocycles. The molecular weight excluding hydrogens is 320 g/mol. The monoisotopic (exact) mass is 344 g/mol. The van der Waals surface area contributed by atoms with Gasteiger partial charge in [0.15, 0.2) is 0 Å². The van der Waals surface area contributed by atoms with Gasteiger partial charge in [-0.2, -0.15) is 0 Å². The van der Waals surface area contributed by atoms with Gasteiger partial charge in [0.2, 0.25) is 0 Å². The van der Waals surface area contributed by atoms with Crippen LogP contribution in [0.5, 0.6) is 0 Å². The van der Waals surface area contributed by atoms with Crippen molar-refractivity contribution in [1.29, 1.82) is 0 Å². The van der Waals surface area contributed by atoms with Crippen molar-refractivity contribution in [2.24, 2.45) is 0 Å². The third kappa shape index (κ3) is 4.96. The lowest BCUT2D eigenvalue weighted by atomic mass is 9.99. The number of benzene rings is 3. The van der Waals surface area contributed by atoms with Crippen molar-refractivity contribution in [3.8, 4) is 0 Å². The second-order valence-corrected chi connectivity index (χ2v) is 6.39. The van der Waals surface area contributed by atoms with Gasteiger partial charge in [0, 0.05) is 6.54 Å². The van der Waals surface area contributed by atoms with E-state index >= 15 is 0 Å². The van der Waals surface area contributed by atoms with Crippen molar-refractivity contribution >= 4 is 6.03 Å². The number of rotatable bonds is 6. The fourth-order valence-corrected chi connectivity index (χ4v) is 2.91. The molecule has 0 aromatic heterocycles. The molecule has 3 rings (SSSR count). The smallest absolute Gasteiger partial charge is 0.315 e. The largest absolute Gasteiger partial charge is 0.338 e. The van der Waals surface area contributed by atoms with Gasteiger partial charge in [0.25, 0.3) is 0 Å². The molecule has 0 bridgehead atoms. The molecule has 0 radical (unpaired) electrons. The van der Waals surface area contributed by atoms with E-state index in [2.05, 4.69) is 41.8 Å². The fraction of sp³-hybridized carbons (Fsp3) is 0.174. The molecular formula is C23H24N2O. The van der Waals surface area contributed by atoms with Crippen molar-refractivity contribution in [3.63, 3.8) is 0 Å². The van der Waals surface area contributed by atoms with Crippen LogP contribution in [-0.2, 0) is 6.42 Å². The van der Waals surface area contributed by atoms with Crippen LogP contribution in [0.15, 0.2) is 84.9 Å². The molecule has 0 saturated carbocycles. The normalized spacial score (nSPS) is 10.5. The zero-order valence-electron chi connectivity index (χ0n) is 15.0. The van der Waals surface area contributed by atoms with Crippen molar-refractivity contribution < 1.29 is 4.79 Å². The molecule has 0 aliphatic carbocycles. The number of carbonyl (C=O) groups is 1. The Morgan fingerprint density at radius 2 is 1.35 bits per heavy atom. The van der Waals surface area contributed by atoms with E-state index in [1.54, 1.807) is 0 Å². The number of aryl methyl sites for hydroxylation is 1. The van der Waals surface area contributed by atoms with Crippen LogP contribution in [0.25, 0.3) is 0 Å². The number of nitrogens with one attached hydrogen (secondary N) is 2. The van der Waals surface area contributed by atoms with E-state index < -0.39 is 0 Å². The van der Waals surface area contributed by atoms with Crippen molar-refractivity contribution in [3.05, 3.63) is 107 Å². The Balaban J connectivity index is 1.61. The Morgan fingerprint density at radius 1 is 0.808 bits per heavy atom. The molecule has 0 spiro atoms. The van der Waals surface area contributed by atoms with Crippen LogP contribution in [0, 0.1) is 6.92 Å². The molecule has 2 amide bonds. The van der Waals surface area contributed by atoms with Gasteiger partial charge in [-0.25, -0.2) is 4.79 Å². The molecule has 132 valence electrons. The Labute approximate surface area is 155 Å². The van der Waals surface area contributed by atoms with E-state index in [1.165, 1.54) is 11.1 Å². The van der Waals surface area contributed by atoms with Gasteiger partial charge in [-0.15, -0.1) is 0 Å². The van der Waals surface area contributed by atoms with Gasteiger partial charge in [-0.3, -0.25) is 0 Å². The van der Waals surface area contributed by atoms with Crippen molar-refractivity contribution in [2.75, 3.05) is 6.54 Å². The molecule has 3 aromatic carbocycles. The first-order valence-corrected chi connectivity index (χ1v) is 8.92. The number of hydrogen-bond donors (Lipinski definition) is 2. The Kier molecular flexibility index (Phi) is 6.05. The van der Waals surface area contributed by atoms with Crippen molar-refractivity contribution in [2.45, 2.75) is 19.4 Å². The molecule has 3 nitrogen and oxygen atoms in total. The summed E-state index contributed by atoms with van der Waals surface area (Å²) in [5.74, 6) is 0. The lowest BCUT2D eigenvalue weighted by molar-refractivity contribution is 0.239. The average Bonchev–Trinajstić information content (AvgIpc) is 2.69. The minimum Gasteiger partial charge on any atom is -0.338 e. The molecule has 0 atom stereocenters. The van der Waals surface area contributed by atoms with E-state index in [1.807, 2.05) is 60.7 Å². The summed E-state index contributed by atoms with van der Waals surface area (Å²) in [4.78, 5) is 12.4. The summed E-state index contributed by atoms with van der Waals surface area (Å²) in [7, 11) is 0. The Hall–Kier alpha value is -3.07. The van der Waals surface area contributed by atoms with Gasteiger partial charge in [-0.05, 0) is 30.0 Å². The van der Waals surface area contributed by atoms with Gasteiger partial charge in [-0.1, -0.05) is 90.5 Å². The van der Waals surface area contributed by atoms with Crippen LogP contribution < -0.4 is 10.6 Å². The summed E-state index contributed by atoms with van der Waals surface area (Å²) in [6.45, 7) is 2.67. The first-order chi connectivity index (χ1) is 12.7. The van der Waals surface area contributed by atoms with Gasteiger partial charge in [0.05, 0.1) is 6.04 Å². The number of hydrogen-bond acceptors (Lipinski definition) is 1. The van der Waals surface area contributed by atoms with Gasteiger partial charge in [0.1, 0.15) is 0 Å². The quantitative estimate of drug-likeness (QED) is 0.673. The number of urea groups is 1. The SMILES string of the molecule is Cc1ccc(CCNC(=O)NC(c2ccccc2)c2ccccc2)cc1. The maximum atomic E-state index is 12.4.